The van der Waals surface area contributed by atoms with Crippen LogP contribution in [0.4, 0.5) is 4.79 Å². The predicted molar refractivity (Wildman–Crippen MR) is 176 cm³/mol. The molecule has 1 fully saturated rings. The molecule has 0 radical (unpaired) electrons. The summed E-state index contributed by atoms with van der Waals surface area (Å²) in [6.45, 7) is 1.86. The van der Waals surface area contributed by atoms with Crippen molar-refractivity contribution in [2.45, 2.75) is 38.4 Å². The summed E-state index contributed by atoms with van der Waals surface area (Å²) in [7, 11) is 3.15. The second-order valence-electron chi connectivity index (χ2n) is 11.3. The van der Waals surface area contributed by atoms with Crippen LogP contribution in [0.5, 0.6) is 11.6 Å². The van der Waals surface area contributed by atoms with Gasteiger partial charge in [-0.25, -0.2) is 9.78 Å². The number of aromatic nitrogens is 2. The van der Waals surface area contributed by atoms with E-state index in [-0.39, 0.29) is 18.5 Å². The third-order valence-corrected chi connectivity index (χ3v) is 9.23. The Labute approximate surface area is 276 Å². The molecule has 0 bridgehead atoms. The molecule has 2 aliphatic heterocycles. The number of hydrogen-bond acceptors (Lipinski definition) is 7. The van der Waals surface area contributed by atoms with Crippen molar-refractivity contribution in [2.24, 2.45) is 0 Å². The number of hydrogen-bond donors (Lipinski definition) is 3. The van der Waals surface area contributed by atoms with Gasteiger partial charge in [-0.15, -0.1) is 0 Å². The molecule has 12 heteroatoms. The monoisotopic (exact) mass is 661 g/mol. The van der Waals surface area contributed by atoms with E-state index in [1.807, 2.05) is 48.5 Å². The van der Waals surface area contributed by atoms with Crippen LogP contribution >= 0.6 is 23.2 Å². The van der Waals surface area contributed by atoms with Crippen molar-refractivity contribution in [1.29, 1.82) is 0 Å². The van der Waals surface area contributed by atoms with Gasteiger partial charge < -0.3 is 30.1 Å². The zero-order chi connectivity index (χ0) is 32.4. The first-order valence-corrected chi connectivity index (χ1v) is 15.7. The van der Waals surface area contributed by atoms with Crippen LogP contribution in [0.2, 0.25) is 10.0 Å². The van der Waals surface area contributed by atoms with Crippen molar-refractivity contribution in [1.82, 2.24) is 25.5 Å². The lowest BCUT2D eigenvalue weighted by atomic mass is 9.94. The van der Waals surface area contributed by atoms with Crippen LogP contribution in [0.15, 0.2) is 54.7 Å². The Hall–Kier alpha value is -4.38. The second kappa shape index (κ2) is 13.5. The number of rotatable bonds is 9. The summed E-state index contributed by atoms with van der Waals surface area (Å²) in [6.07, 6.45) is 2.68. The summed E-state index contributed by atoms with van der Waals surface area (Å²) in [6, 6.07) is 15.4. The average molecular weight is 663 g/mol. The molecule has 1 saturated heterocycles. The Balaban J connectivity index is 1.29. The van der Waals surface area contributed by atoms with E-state index in [1.165, 1.54) is 4.90 Å². The topological polar surface area (TPSA) is 126 Å². The molecule has 2 aliphatic rings. The highest BCUT2D eigenvalue weighted by atomic mass is 35.5. The molecule has 238 valence electrons. The average Bonchev–Trinajstić information content (AvgIpc) is 3.49. The van der Waals surface area contributed by atoms with E-state index in [0.717, 1.165) is 39.8 Å². The van der Waals surface area contributed by atoms with E-state index >= 15 is 0 Å². The fourth-order valence-electron chi connectivity index (χ4n) is 6.05. The van der Waals surface area contributed by atoms with Gasteiger partial charge in [0.2, 0.25) is 11.8 Å². The predicted octanol–water partition coefficient (Wildman–Crippen LogP) is 6.21. The molecule has 4 heterocycles. The molecule has 2 amide bonds. The first-order chi connectivity index (χ1) is 22.3. The summed E-state index contributed by atoms with van der Waals surface area (Å²) in [5.41, 5.74) is 6.86. The largest absolute Gasteiger partial charge is 0.496 e. The third kappa shape index (κ3) is 6.33. The van der Waals surface area contributed by atoms with Crippen molar-refractivity contribution >= 4 is 35.2 Å². The van der Waals surface area contributed by atoms with Gasteiger partial charge in [0.15, 0.2) is 0 Å². The molecular weight excluding hydrogens is 629 g/mol. The first kappa shape index (κ1) is 31.6. The molecule has 0 saturated carbocycles. The van der Waals surface area contributed by atoms with E-state index in [0.29, 0.717) is 71.1 Å². The highest BCUT2D eigenvalue weighted by molar-refractivity contribution is 6.39. The summed E-state index contributed by atoms with van der Waals surface area (Å²) in [5.74, 6) is 1.16. The maximum Gasteiger partial charge on any atom is 0.407 e. The van der Waals surface area contributed by atoms with Crippen molar-refractivity contribution in [3.05, 3.63) is 81.5 Å². The van der Waals surface area contributed by atoms with Crippen molar-refractivity contribution < 1.29 is 24.2 Å². The highest BCUT2D eigenvalue weighted by Gasteiger charge is 2.25. The lowest BCUT2D eigenvalue weighted by molar-refractivity contribution is -0.119. The molecule has 0 aliphatic carbocycles. The van der Waals surface area contributed by atoms with E-state index < -0.39 is 6.09 Å². The van der Waals surface area contributed by atoms with Gasteiger partial charge in [-0.2, -0.15) is 0 Å². The molecule has 2 aromatic carbocycles. The fraction of sp³-hybridized carbons (Fsp3) is 0.294. The summed E-state index contributed by atoms with van der Waals surface area (Å²) < 4.78 is 11.3. The lowest BCUT2D eigenvalue weighted by Crippen LogP contribution is -2.35. The number of ether oxygens (including phenoxy) is 2. The Morgan fingerprint density at radius 1 is 1.07 bits per heavy atom. The van der Waals surface area contributed by atoms with Gasteiger partial charge in [-0.05, 0) is 42.7 Å². The fourth-order valence-corrected chi connectivity index (χ4v) is 6.69. The Bertz CT molecular complexity index is 1800. The smallest absolute Gasteiger partial charge is 0.407 e. The number of carbonyl (C=O) groups is 2. The molecule has 1 atom stereocenters. The number of halogens is 2. The lowest BCUT2D eigenvalue weighted by Gasteiger charge is -2.28. The van der Waals surface area contributed by atoms with Gasteiger partial charge in [0, 0.05) is 71.7 Å². The van der Waals surface area contributed by atoms with Crippen molar-refractivity contribution in [2.75, 3.05) is 27.3 Å². The SMILES string of the molecule is COc1cc(-c2nccc(-c3cccc(-c4ccc(CNCC5CCC(=O)N5)c(OC)n4)c3Cl)c2Cl)cc2c1CN(C(=O)O)CC2. The van der Waals surface area contributed by atoms with Gasteiger partial charge in [-0.1, -0.05) is 47.5 Å². The van der Waals surface area contributed by atoms with Crippen LogP contribution < -0.4 is 20.1 Å². The zero-order valence-electron chi connectivity index (χ0n) is 25.4. The van der Waals surface area contributed by atoms with Gasteiger partial charge in [0.1, 0.15) is 5.75 Å². The molecular formula is C34H33Cl2N5O5. The van der Waals surface area contributed by atoms with E-state index in [4.69, 9.17) is 37.7 Å². The van der Waals surface area contributed by atoms with Crippen LogP contribution in [0, 0.1) is 0 Å². The molecule has 46 heavy (non-hydrogen) atoms. The normalized spacial score (nSPS) is 15.8. The number of pyridine rings is 2. The maximum absolute atomic E-state index is 11.6. The minimum Gasteiger partial charge on any atom is -0.496 e. The Morgan fingerprint density at radius 3 is 2.61 bits per heavy atom. The van der Waals surface area contributed by atoms with E-state index in [9.17, 15) is 14.7 Å². The number of carbonyl (C=O) groups excluding carboxylic acids is 1. The second-order valence-corrected chi connectivity index (χ2v) is 12.0. The van der Waals surface area contributed by atoms with Crippen LogP contribution in [-0.2, 0) is 24.3 Å². The third-order valence-electron chi connectivity index (χ3n) is 8.44. The summed E-state index contributed by atoms with van der Waals surface area (Å²) in [5, 5.41) is 16.7. The molecule has 10 nitrogen and oxygen atoms in total. The molecule has 4 aromatic rings. The number of fused-ring (bicyclic) bond motifs is 1. The van der Waals surface area contributed by atoms with E-state index in [1.54, 1.807) is 20.4 Å². The number of amides is 2. The summed E-state index contributed by atoms with van der Waals surface area (Å²) >= 11 is 14.1. The van der Waals surface area contributed by atoms with Crippen molar-refractivity contribution in [3.63, 3.8) is 0 Å². The van der Waals surface area contributed by atoms with Crippen molar-refractivity contribution in [3.8, 4) is 45.3 Å². The van der Waals surface area contributed by atoms with Crippen LogP contribution in [0.25, 0.3) is 33.6 Å². The highest BCUT2D eigenvalue weighted by Crippen LogP contribution is 2.43. The summed E-state index contributed by atoms with van der Waals surface area (Å²) in [4.78, 5) is 33.8. The quantitative estimate of drug-likeness (QED) is 0.193. The van der Waals surface area contributed by atoms with Gasteiger partial charge >= 0.3 is 6.09 Å². The molecule has 0 spiro atoms. The standard InChI is InChI=1S/C34H33Cl2N5O5/c1-45-28-15-21(14-19-11-13-41(34(43)44)18-26(19)28)32-31(36)24(10-12-38-32)23-4-3-5-25(30(23)35)27-8-6-20(33(40-27)46-2)16-37-17-22-7-9-29(42)39-22/h3-6,8,10,12,14-15,22,37H,7,9,11,13,16-18H2,1-2H3,(H,39,42)(H,43,44). The Kier molecular flexibility index (Phi) is 9.30. The minimum atomic E-state index is -0.957. The number of benzene rings is 2. The van der Waals surface area contributed by atoms with Gasteiger partial charge in [0.25, 0.3) is 0 Å². The van der Waals surface area contributed by atoms with Crippen LogP contribution in [-0.4, -0.2) is 65.3 Å². The van der Waals surface area contributed by atoms with Crippen LogP contribution in [0.3, 0.4) is 0 Å². The molecule has 3 N–H and O–H groups in total. The molecule has 6 rings (SSSR count). The molecule has 2 aromatic heterocycles. The van der Waals surface area contributed by atoms with Gasteiger partial charge in [-0.3, -0.25) is 9.78 Å². The number of nitrogens with zero attached hydrogens (tertiary/aromatic N) is 3. The van der Waals surface area contributed by atoms with Gasteiger partial charge in [0.05, 0.1) is 42.2 Å². The number of carboxylic acid groups (broad SMARTS) is 1. The minimum absolute atomic E-state index is 0.0911. The maximum atomic E-state index is 11.6. The Morgan fingerprint density at radius 2 is 1.87 bits per heavy atom. The number of methoxy groups -OCH3 is 2. The van der Waals surface area contributed by atoms with E-state index in [2.05, 4.69) is 15.6 Å². The molecule has 1 unspecified atom stereocenters. The first-order valence-electron chi connectivity index (χ1n) is 14.9. The van der Waals surface area contributed by atoms with Crippen LogP contribution in [0.1, 0.15) is 29.5 Å². The number of nitrogens with one attached hydrogen (secondary N) is 2. The zero-order valence-corrected chi connectivity index (χ0v) is 26.9.